The first-order valence-electron chi connectivity index (χ1n) is 6.72. The minimum atomic E-state index is -0.711. The van der Waals surface area contributed by atoms with Crippen LogP contribution in [-0.2, 0) is 16.1 Å². The van der Waals surface area contributed by atoms with Gasteiger partial charge in [-0.2, -0.15) is 0 Å². The van der Waals surface area contributed by atoms with Crippen LogP contribution < -0.4 is 10.6 Å². The minimum absolute atomic E-state index is 0.140. The molecule has 0 fully saturated rings. The highest BCUT2D eigenvalue weighted by molar-refractivity contribution is 5.85. The maximum Gasteiger partial charge on any atom is 0.408 e. The van der Waals surface area contributed by atoms with Crippen LogP contribution in [0.15, 0.2) is 24.3 Å². The summed E-state index contributed by atoms with van der Waals surface area (Å²) < 4.78 is 5.07. The Hall–Kier alpha value is -2.24. The number of hydrogen-bond acceptors (Lipinski definition) is 4. The molecule has 21 heavy (non-hydrogen) atoms. The fourth-order valence-electron chi connectivity index (χ4n) is 1.56. The van der Waals surface area contributed by atoms with Crippen LogP contribution in [-0.4, -0.2) is 28.7 Å². The summed E-state index contributed by atoms with van der Waals surface area (Å²) in [7, 11) is 0. The van der Waals surface area contributed by atoms with Crippen molar-refractivity contribution in [3.05, 3.63) is 29.8 Å². The Morgan fingerprint density at radius 2 is 2.00 bits per heavy atom. The van der Waals surface area contributed by atoms with Crippen LogP contribution in [0.5, 0.6) is 5.75 Å². The maximum atomic E-state index is 11.9. The van der Waals surface area contributed by atoms with Crippen molar-refractivity contribution in [2.45, 2.75) is 45.9 Å². The summed E-state index contributed by atoms with van der Waals surface area (Å²) in [5.41, 5.74) is 0.162. The Bertz CT molecular complexity index is 509. The Labute approximate surface area is 124 Å². The first kappa shape index (κ1) is 16.8. The first-order chi connectivity index (χ1) is 9.67. The van der Waals surface area contributed by atoms with Crippen molar-refractivity contribution in [3.8, 4) is 5.75 Å². The summed E-state index contributed by atoms with van der Waals surface area (Å²) in [5.74, 6) is -0.189. The molecule has 0 aliphatic rings. The van der Waals surface area contributed by atoms with E-state index in [2.05, 4.69) is 10.6 Å². The van der Waals surface area contributed by atoms with Crippen molar-refractivity contribution >= 4 is 12.0 Å². The van der Waals surface area contributed by atoms with E-state index in [0.717, 1.165) is 5.56 Å². The number of amides is 2. The molecule has 0 spiro atoms. The van der Waals surface area contributed by atoms with Crippen LogP contribution in [0.25, 0.3) is 0 Å². The molecule has 1 rings (SSSR count). The van der Waals surface area contributed by atoms with Gasteiger partial charge in [-0.25, -0.2) is 4.79 Å². The fraction of sp³-hybridized carbons (Fsp3) is 0.467. The molecular formula is C15H22N2O4. The molecule has 6 nitrogen and oxygen atoms in total. The van der Waals surface area contributed by atoms with Crippen molar-refractivity contribution in [2.75, 3.05) is 0 Å². The molecule has 0 aliphatic heterocycles. The molecule has 6 heteroatoms. The Morgan fingerprint density at radius 3 is 2.57 bits per heavy atom. The van der Waals surface area contributed by atoms with Gasteiger partial charge in [-0.15, -0.1) is 0 Å². The quantitative estimate of drug-likeness (QED) is 0.791. The van der Waals surface area contributed by atoms with Gasteiger partial charge in [-0.05, 0) is 45.4 Å². The lowest BCUT2D eigenvalue weighted by Crippen LogP contribution is -2.46. The zero-order valence-electron chi connectivity index (χ0n) is 12.8. The topological polar surface area (TPSA) is 87.7 Å². The van der Waals surface area contributed by atoms with E-state index >= 15 is 0 Å². The van der Waals surface area contributed by atoms with Crippen LogP contribution in [0.4, 0.5) is 4.79 Å². The molecular weight excluding hydrogens is 272 g/mol. The number of benzene rings is 1. The van der Waals surface area contributed by atoms with Crippen molar-refractivity contribution in [1.82, 2.24) is 10.6 Å². The number of phenolic OH excluding ortho intramolecular Hbond substituents is 1. The summed E-state index contributed by atoms with van der Waals surface area (Å²) in [6, 6.07) is 5.88. The lowest BCUT2D eigenvalue weighted by molar-refractivity contribution is -0.122. The normalized spacial score (nSPS) is 12.4. The number of phenols is 1. The Kier molecular flexibility index (Phi) is 5.58. The largest absolute Gasteiger partial charge is 0.508 e. The first-order valence-corrected chi connectivity index (χ1v) is 6.72. The maximum absolute atomic E-state index is 11.9. The third-order valence-corrected chi connectivity index (χ3v) is 2.50. The predicted molar refractivity (Wildman–Crippen MR) is 78.8 cm³/mol. The second kappa shape index (κ2) is 6.97. The van der Waals surface area contributed by atoms with Gasteiger partial charge in [0.2, 0.25) is 5.91 Å². The Morgan fingerprint density at radius 1 is 1.33 bits per heavy atom. The second-order valence-corrected chi connectivity index (χ2v) is 5.76. The summed E-state index contributed by atoms with van der Waals surface area (Å²) in [4.78, 5) is 23.4. The molecule has 2 amide bonds. The lowest BCUT2D eigenvalue weighted by atomic mass is 10.2. The molecule has 1 atom stereocenters. The highest BCUT2D eigenvalue weighted by Gasteiger charge is 2.20. The number of nitrogens with one attached hydrogen (secondary N) is 2. The van der Waals surface area contributed by atoms with Crippen molar-refractivity contribution < 1.29 is 19.4 Å². The van der Waals surface area contributed by atoms with E-state index in [0.29, 0.717) is 0 Å². The van der Waals surface area contributed by atoms with Crippen LogP contribution >= 0.6 is 0 Å². The SMILES string of the molecule is CC(NC(=O)OC(C)(C)C)C(=O)NCc1cccc(O)c1. The highest BCUT2D eigenvalue weighted by atomic mass is 16.6. The Balaban J connectivity index is 2.43. The number of aromatic hydroxyl groups is 1. The number of alkyl carbamates (subject to hydrolysis) is 1. The zero-order valence-corrected chi connectivity index (χ0v) is 12.8. The second-order valence-electron chi connectivity index (χ2n) is 5.76. The van der Waals surface area contributed by atoms with Gasteiger partial charge in [0.15, 0.2) is 0 Å². The van der Waals surface area contributed by atoms with E-state index in [1.54, 1.807) is 52.0 Å². The van der Waals surface area contributed by atoms with Crippen molar-refractivity contribution in [3.63, 3.8) is 0 Å². The van der Waals surface area contributed by atoms with Gasteiger partial charge >= 0.3 is 6.09 Å². The van der Waals surface area contributed by atoms with Gasteiger partial charge in [0, 0.05) is 6.54 Å². The van der Waals surface area contributed by atoms with Gasteiger partial charge in [0.1, 0.15) is 17.4 Å². The van der Waals surface area contributed by atoms with Crippen LogP contribution in [0.3, 0.4) is 0 Å². The molecule has 0 saturated heterocycles. The number of ether oxygens (including phenoxy) is 1. The third-order valence-electron chi connectivity index (χ3n) is 2.50. The van der Waals surface area contributed by atoms with E-state index in [-0.39, 0.29) is 18.2 Å². The van der Waals surface area contributed by atoms with Crippen molar-refractivity contribution in [2.24, 2.45) is 0 Å². The molecule has 0 aromatic heterocycles. The van der Waals surface area contributed by atoms with Crippen LogP contribution in [0.2, 0.25) is 0 Å². The number of carbonyl (C=O) groups excluding carboxylic acids is 2. The average Bonchev–Trinajstić information content (AvgIpc) is 2.33. The molecule has 0 heterocycles. The summed E-state index contributed by atoms with van der Waals surface area (Å²) in [5, 5.41) is 14.5. The van der Waals surface area contributed by atoms with Gasteiger partial charge in [-0.3, -0.25) is 4.79 Å². The molecule has 0 bridgehead atoms. The zero-order chi connectivity index (χ0) is 16.0. The van der Waals surface area contributed by atoms with Crippen molar-refractivity contribution in [1.29, 1.82) is 0 Å². The van der Waals surface area contributed by atoms with Gasteiger partial charge in [-0.1, -0.05) is 12.1 Å². The molecule has 0 aliphatic carbocycles. The molecule has 1 aromatic rings. The van der Waals surface area contributed by atoms with Gasteiger partial charge in [0.05, 0.1) is 0 Å². The van der Waals surface area contributed by atoms with E-state index in [9.17, 15) is 14.7 Å². The number of hydrogen-bond donors (Lipinski definition) is 3. The van der Waals surface area contributed by atoms with Crippen LogP contribution in [0, 0.1) is 0 Å². The molecule has 0 saturated carbocycles. The molecule has 0 radical (unpaired) electrons. The van der Waals surface area contributed by atoms with E-state index in [1.165, 1.54) is 0 Å². The molecule has 3 N–H and O–H groups in total. The summed E-state index contributed by atoms with van der Waals surface area (Å²) in [6.45, 7) is 7.09. The standard InChI is InChI=1S/C15H22N2O4/c1-10(17-14(20)21-15(2,3)4)13(19)16-9-11-6-5-7-12(18)8-11/h5-8,10,18H,9H2,1-4H3,(H,16,19)(H,17,20). The van der Waals surface area contributed by atoms with Crippen LogP contribution in [0.1, 0.15) is 33.3 Å². The molecule has 116 valence electrons. The van der Waals surface area contributed by atoms with E-state index in [1.807, 2.05) is 0 Å². The predicted octanol–water partition coefficient (Wildman–Crippen LogP) is 1.92. The minimum Gasteiger partial charge on any atom is -0.508 e. The van der Waals surface area contributed by atoms with E-state index < -0.39 is 17.7 Å². The third kappa shape index (κ3) is 6.65. The fourth-order valence-corrected chi connectivity index (χ4v) is 1.56. The number of rotatable bonds is 4. The smallest absolute Gasteiger partial charge is 0.408 e. The average molecular weight is 294 g/mol. The van der Waals surface area contributed by atoms with Gasteiger partial charge in [0.25, 0.3) is 0 Å². The summed E-state index contributed by atoms with van der Waals surface area (Å²) in [6.07, 6.45) is -0.637. The highest BCUT2D eigenvalue weighted by Crippen LogP contribution is 2.10. The van der Waals surface area contributed by atoms with Gasteiger partial charge < -0.3 is 20.5 Å². The molecule has 1 unspecified atom stereocenters. The number of carbonyl (C=O) groups is 2. The summed E-state index contributed by atoms with van der Waals surface area (Å²) >= 11 is 0. The monoisotopic (exact) mass is 294 g/mol. The lowest BCUT2D eigenvalue weighted by Gasteiger charge is -2.21. The molecule has 1 aromatic carbocycles. The van der Waals surface area contributed by atoms with E-state index in [4.69, 9.17) is 4.74 Å².